The number of ether oxygens (including phenoxy) is 2. The molecule has 0 spiro atoms. The van der Waals surface area contributed by atoms with Crippen LogP contribution in [0.2, 0.25) is 0 Å². The highest BCUT2D eigenvalue weighted by Crippen LogP contribution is 2.28. The molecule has 2 aliphatic rings. The SMILES string of the molecule is COC(OC(=O)c1ccc2c(c1)C(=O)N(CC1CC(SC(C)=O)CN1)C2=O)c1ccccc1. The number of esters is 1. The maximum absolute atomic E-state index is 13.0. The fourth-order valence-corrected chi connectivity index (χ4v) is 5.05. The van der Waals surface area contributed by atoms with Gasteiger partial charge in [0.15, 0.2) is 5.12 Å². The van der Waals surface area contributed by atoms with Gasteiger partial charge < -0.3 is 14.8 Å². The summed E-state index contributed by atoms with van der Waals surface area (Å²) < 4.78 is 10.7. The summed E-state index contributed by atoms with van der Waals surface area (Å²) in [4.78, 5) is 51.0. The second-order valence-electron chi connectivity index (χ2n) is 7.94. The van der Waals surface area contributed by atoms with E-state index in [1.165, 1.54) is 48.9 Å². The Bertz CT molecular complexity index is 1090. The summed E-state index contributed by atoms with van der Waals surface area (Å²) in [5.41, 5.74) is 1.27. The summed E-state index contributed by atoms with van der Waals surface area (Å²) in [6.45, 7) is 2.39. The highest BCUT2D eigenvalue weighted by Gasteiger charge is 2.39. The van der Waals surface area contributed by atoms with Gasteiger partial charge >= 0.3 is 5.97 Å². The van der Waals surface area contributed by atoms with Gasteiger partial charge in [-0.05, 0) is 24.6 Å². The molecule has 172 valence electrons. The third-order valence-corrected chi connectivity index (χ3v) is 6.65. The van der Waals surface area contributed by atoms with Crippen molar-refractivity contribution >= 4 is 34.7 Å². The van der Waals surface area contributed by atoms with Gasteiger partial charge in [-0.2, -0.15) is 0 Å². The van der Waals surface area contributed by atoms with Gasteiger partial charge in [0, 0.05) is 44.0 Å². The quantitative estimate of drug-likeness (QED) is 0.376. The van der Waals surface area contributed by atoms with Crippen molar-refractivity contribution in [2.75, 3.05) is 20.2 Å². The van der Waals surface area contributed by atoms with E-state index in [0.717, 1.165) is 0 Å². The first-order chi connectivity index (χ1) is 15.9. The van der Waals surface area contributed by atoms with Crippen LogP contribution in [0.5, 0.6) is 0 Å². The Labute approximate surface area is 195 Å². The van der Waals surface area contributed by atoms with Gasteiger partial charge in [-0.15, -0.1) is 0 Å². The molecule has 4 rings (SSSR count). The third-order valence-electron chi connectivity index (χ3n) is 5.62. The van der Waals surface area contributed by atoms with Gasteiger partial charge in [0.1, 0.15) is 0 Å². The Morgan fingerprint density at radius 1 is 1.12 bits per heavy atom. The molecule has 1 N–H and O–H groups in total. The third kappa shape index (κ3) is 5.00. The van der Waals surface area contributed by atoms with Crippen LogP contribution in [0.4, 0.5) is 0 Å². The van der Waals surface area contributed by atoms with E-state index >= 15 is 0 Å². The van der Waals surface area contributed by atoms with Crippen molar-refractivity contribution in [1.82, 2.24) is 10.2 Å². The molecule has 0 saturated carbocycles. The zero-order chi connectivity index (χ0) is 23.5. The topological polar surface area (TPSA) is 102 Å². The first-order valence-corrected chi connectivity index (χ1v) is 11.4. The van der Waals surface area contributed by atoms with Crippen LogP contribution in [0.25, 0.3) is 0 Å². The van der Waals surface area contributed by atoms with Gasteiger partial charge in [-0.1, -0.05) is 42.1 Å². The number of fused-ring (bicyclic) bond motifs is 1. The minimum atomic E-state index is -0.893. The summed E-state index contributed by atoms with van der Waals surface area (Å²) in [6.07, 6.45) is -0.206. The number of nitrogens with zero attached hydrogens (tertiary/aromatic N) is 1. The van der Waals surface area contributed by atoms with E-state index in [0.29, 0.717) is 18.5 Å². The number of carbonyl (C=O) groups is 4. The minimum absolute atomic E-state index is 0.0468. The van der Waals surface area contributed by atoms with Gasteiger partial charge in [-0.3, -0.25) is 19.3 Å². The van der Waals surface area contributed by atoms with E-state index in [2.05, 4.69) is 5.32 Å². The Kier molecular flexibility index (Phi) is 6.92. The van der Waals surface area contributed by atoms with Crippen molar-refractivity contribution < 1.29 is 28.7 Å². The molecule has 0 bridgehead atoms. The smallest absolute Gasteiger partial charge is 0.340 e. The van der Waals surface area contributed by atoms with Crippen LogP contribution in [0.15, 0.2) is 48.5 Å². The number of rotatable bonds is 7. The lowest BCUT2D eigenvalue weighted by Crippen LogP contribution is -2.40. The summed E-state index contributed by atoms with van der Waals surface area (Å²) in [5.74, 6) is -1.49. The molecule has 2 aromatic carbocycles. The fraction of sp³-hybridized carbons (Fsp3) is 0.333. The van der Waals surface area contributed by atoms with E-state index in [1.54, 1.807) is 12.1 Å². The van der Waals surface area contributed by atoms with Crippen LogP contribution in [-0.4, -0.2) is 59.3 Å². The molecule has 3 atom stereocenters. The fourth-order valence-electron chi connectivity index (χ4n) is 4.08. The molecule has 0 aliphatic carbocycles. The average molecular weight is 469 g/mol. The van der Waals surface area contributed by atoms with Crippen molar-refractivity contribution in [2.45, 2.75) is 30.9 Å². The Morgan fingerprint density at radius 2 is 1.85 bits per heavy atom. The summed E-state index contributed by atoms with van der Waals surface area (Å²) >= 11 is 1.27. The lowest BCUT2D eigenvalue weighted by molar-refractivity contribution is -0.109. The van der Waals surface area contributed by atoms with Gasteiger partial charge in [0.05, 0.1) is 16.7 Å². The van der Waals surface area contributed by atoms with Gasteiger partial charge in [0.2, 0.25) is 6.29 Å². The lowest BCUT2D eigenvalue weighted by Gasteiger charge is -2.18. The normalized spacial score (nSPS) is 20.6. The Hall–Kier alpha value is -3.01. The van der Waals surface area contributed by atoms with E-state index in [-0.39, 0.29) is 39.6 Å². The maximum Gasteiger partial charge on any atom is 0.340 e. The summed E-state index contributed by atoms with van der Waals surface area (Å²) in [5, 5.41) is 3.45. The molecule has 3 unspecified atom stereocenters. The molecule has 1 saturated heterocycles. The van der Waals surface area contributed by atoms with E-state index < -0.39 is 24.1 Å². The number of carbonyl (C=O) groups excluding carboxylic acids is 4. The standard InChI is InChI=1S/C24H24N2O6S/c1-14(27)33-18-11-17(25-12-18)13-26-21(28)19-9-8-16(10-20(19)22(26)29)23(30)32-24(31-2)15-6-4-3-5-7-15/h3-10,17-18,24-25H,11-13H2,1-2H3. The number of thioether (sulfide) groups is 1. The second-order valence-corrected chi connectivity index (χ2v) is 9.41. The second kappa shape index (κ2) is 9.86. The van der Waals surface area contributed by atoms with Crippen LogP contribution in [-0.2, 0) is 14.3 Å². The molecular formula is C24H24N2O6S. The number of methoxy groups -OCH3 is 1. The van der Waals surface area contributed by atoms with Crippen LogP contribution in [0.3, 0.4) is 0 Å². The molecule has 0 radical (unpaired) electrons. The van der Waals surface area contributed by atoms with E-state index in [9.17, 15) is 19.2 Å². The molecule has 33 heavy (non-hydrogen) atoms. The molecule has 2 aromatic rings. The van der Waals surface area contributed by atoms with Crippen LogP contribution in [0.1, 0.15) is 56.3 Å². The number of imide groups is 1. The number of nitrogens with one attached hydrogen (secondary N) is 1. The predicted molar refractivity (Wildman–Crippen MR) is 122 cm³/mol. The van der Waals surface area contributed by atoms with Gasteiger partial charge in [-0.25, -0.2) is 4.79 Å². The van der Waals surface area contributed by atoms with Crippen LogP contribution in [0, 0.1) is 0 Å². The molecule has 0 aromatic heterocycles. The number of hydrogen-bond acceptors (Lipinski definition) is 8. The molecular weight excluding hydrogens is 444 g/mol. The van der Waals surface area contributed by atoms with Crippen molar-refractivity contribution in [2.24, 2.45) is 0 Å². The highest BCUT2D eigenvalue weighted by atomic mass is 32.2. The van der Waals surface area contributed by atoms with E-state index in [1.807, 2.05) is 18.2 Å². The predicted octanol–water partition coefficient (Wildman–Crippen LogP) is 2.79. The zero-order valence-electron chi connectivity index (χ0n) is 18.3. The van der Waals surface area contributed by atoms with Crippen LogP contribution >= 0.6 is 11.8 Å². The molecule has 2 aliphatic heterocycles. The molecule has 9 heteroatoms. The minimum Gasteiger partial charge on any atom is -0.428 e. The highest BCUT2D eigenvalue weighted by molar-refractivity contribution is 8.14. The van der Waals surface area contributed by atoms with Crippen molar-refractivity contribution in [1.29, 1.82) is 0 Å². The van der Waals surface area contributed by atoms with Crippen molar-refractivity contribution in [3.05, 3.63) is 70.8 Å². The molecule has 8 nitrogen and oxygen atoms in total. The van der Waals surface area contributed by atoms with Crippen LogP contribution < -0.4 is 5.32 Å². The first kappa shape index (κ1) is 23.2. The lowest BCUT2D eigenvalue weighted by atomic mass is 10.1. The monoisotopic (exact) mass is 468 g/mol. The largest absolute Gasteiger partial charge is 0.428 e. The van der Waals surface area contributed by atoms with E-state index in [4.69, 9.17) is 9.47 Å². The zero-order valence-corrected chi connectivity index (χ0v) is 19.1. The Balaban J connectivity index is 1.45. The number of amides is 2. The average Bonchev–Trinajstić information content (AvgIpc) is 3.35. The first-order valence-electron chi connectivity index (χ1n) is 10.6. The maximum atomic E-state index is 13.0. The molecule has 2 heterocycles. The molecule has 2 amide bonds. The summed E-state index contributed by atoms with van der Waals surface area (Å²) in [6, 6.07) is 13.3. The van der Waals surface area contributed by atoms with Crippen molar-refractivity contribution in [3.63, 3.8) is 0 Å². The number of hydrogen-bond donors (Lipinski definition) is 1. The molecule has 1 fully saturated rings. The Morgan fingerprint density at radius 3 is 2.55 bits per heavy atom. The van der Waals surface area contributed by atoms with Crippen molar-refractivity contribution in [3.8, 4) is 0 Å². The number of benzene rings is 2. The summed E-state index contributed by atoms with van der Waals surface area (Å²) in [7, 11) is 1.43. The van der Waals surface area contributed by atoms with Gasteiger partial charge in [0.25, 0.3) is 11.8 Å².